The van der Waals surface area contributed by atoms with Gasteiger partial charge in [-0.2, -0.15) is 0 Å². The SMILES string of the molecule is CS(=O)(=O)N1CCCC(C(=O)NCCO)C1. The van der Waals surface area contributed by atoms with Crippen LogP contribution in [0.25, 0.3) is 0 Å². The van der Waals surface area contributed by atoms with Crippen molar-refractivity contribution < 1.29 is 18.3 Å². The van der Waals surface area contributed by atoms with Crippen molar-refractivity contribution >= 4 is 15.9 Å². The number of hydrogen-bond acceptors (Lipinski definition) is 4. The maximum atomic E-state index is 11.6. The highest BCUT2D eigenvalue weighted by atomic mass is 32.2. The van der Waals surface area contributed by atoms with Crippen LogP contribution in [0.1, 0.15) is 12.8 Å². The van der Waals surface area contributed by atoms with Crippen LogP contribution in [0.3, 0.4) is 0 Å². The summed E-state index contributed by atoms with van der Waals surface area (Å²) in [5.41, 5.74) is 0. The zero-order valence-electron chi connectivity index (χ0n) is 9.35. The molecule has 0 aromatic heterocycles. The van der Waals surface area contributed by atoms with E-state index in [0.29, 0.717) is 19.4 Å². The van der Waals surface area contributed by atoms with Gasteiger partial charge in [-0.1, -0.05) is 0 Å². The average Bonchev–Trinajstić information content (AvgIpc) is 2.25. The van der Waals surface area contributed by atoms with Gasteiger partial charge in [-0.3, -0.25) is 4.79 Å². The quantitative estimate of drug-likeness (QED) is 0.654. The molecule has 16 heavy (non-hydrogen) atoms. The number of amides is 1. The topological polar surface area (TPSA) is 86.7 Å². The third-order valence-electron chi connectivity index (χ3n) is 2.63. The molecule has 1 fully saturated rings. The average molecular weight is 250 g/mol. The maximum absolute atomic E-state index is 11.6. The fraction of sp³-hybridized carbons (Fsp3) is 0.889. The Morgan fingerprint density at radius 2 is 2.25 bits per heavy atom. The second-order valence-electron chi connectivity index (χ2n) is 3.97. The van der Waals surface area contributed by atoms with Crippen molar-refractivity contribution in [2.45, 2.75) is 12.8 Å². The van der Waals surface area contributed by atoms with Gasteiger partial charge < -0.3 is 10.4 Å². The van der Waals surface area contributed by atoms with Gasteiger partial charge in [-0.15, -0.1) is 0 Å². The van der Waals surface area contributed by atoms with Crippen LogP contribution in [-0.2, 0) is 14.8 Å². The minimum atomic E-state index is -3.21. The Labute approximate surface area is 95.7 Å². The highest BCUT2D eigenvalue weighted by Crippen LogP contribution is 2.18. The number of aliphatic hydroxyl groups excluding tert-OH is 1. The first kappa shape index (κ1) is 13.4. The Kier molecular flexibility index (Phi) is 4.69. The summed E-state index contributed by atoms with van der Waals surface area (Å²) >= 11 is 0. The number of hydrogen-bond donors (Lipinski definition) is 2. The van der Waals surface area contributed by atoms with Crippen LogP contribution in [0.5, 0.6) is 0 Å². The molecule has 7 heteroatoms. The van der Waals surface area contributed by atoms with Gasteiger partial charge in [0.15, 0.2) is 0 Å². The lowest BCUT2D eigenvalue weighted by molar-refractivity contribution is -0.126. The van der Waals surface area contributed by atoms with Crippen LogP contribution in [0.15, 0.2) is 0 Å². The number of carbonyl (C=O) groups excluding carboxylic acids is 1. The highest BCUT2D eigenvalue weighted by Gasteiger charge is 2.29. The number of aliphatic hydroxyl groups is 1. The first-order chi connectivity index (χ1) is 7.45. The maximum Gasteiger partial charge on any atom is 0.224 e. The summed E-state index contributed by atoms with van der Waals surface area (Å²) in [6.45, 7) is 0.848. The van der Waals surface area contributed by atoms with E-state index in [0.717, 1.165) is 6.26 Å². The van der Waals surface area contributed by atoms with Crippen molar-refractivity contribution in [3.63, 3.8) is 0 Å². The van der Waals surface area contributed by atoms with E-state index >= 15 is 0 Å². The molecule has 6 nitrogen and oxygen atoms in total. The van der Waals surface area contributed by atoms with E-state index in [1.165, 1.54) is 4.31 Å². The summed E-state index contributed by atoms with van der Waals surface area (Å²) in [6, 6.07) is 0. The van der Waals surface area contributed by atoms with Crippen LogP contribution in [0, 0.1) is 5.92 Å². The molecule has 0 aromatic carbocycles. The van der Waals surface area contributed by atoms with Crippen molar-refractivity contribution in [2.75, 3.05) is 32.5 Å². The molecule has 1 amide bonds. The normalized spacial score (nSPS) is 23.0. The Balaban J connectivity index is 2.54. The molecule has 0 radical (unpaired) electrons. The van der Waals surface area contributed by atoms with Crippen molar-refractivity contribution in [1.82, 2.24) is 9.62 Å². The number of rotatable bonds is 4. The van der Waals surface area contributed by atoms with Gasteiger partial charge in [0.25, 0.3) is 0 Å². The fourth-order valence-electron chi connectivity index (χ4n) is 1.78. The first-order valence-corrected chi connectivity index (χ1v) is 7.13. The molecule has 0 aliphatic carbocycles. The van der Waals surface area contributed by atoms with Crippen molar-refractivity contribution in [2.24, 2.45) is 5.92 Å². The zero-order valence-corrected chi connectivity index (χ0v) is 10.2. The van der Waals surface area contributed by atoms with Crippen molar-refractivity contribution in [3.8, 4) is 0 Å². The third kappa shape index (κ3) is 3.73. The number of sulfonamides is 1. The van der Waals surface area contributed by atoms with Crippen molar-refractivity contribution in [3.05, 3.63) is 0 Å². The van der Waals surface area contributed by atoms with E-state index in [4.69, 9.17) is 5.11 Å². The Morgan fingerprint density at radius 3 is 2.81 bits per heavy atom. The number of carbonyl (C=O) groups is 1. The Hall–Kier alpha value is -0.660. The summed E-state index contributed by atoms with van der Waals surface area (Å²) in [5.74, 6) is -0.475. The molecule has 1 saturated heterocycles. The number of piperidine rings is 1. The highest BCUT2D eigenvalue weighted by molar-refractivity contribution is 7.88. The Morgan fingerprint density at radius 1 is 1.56 bits per heavy atom. The molecule has 0 aromatic rings. The molecule has 0 spiro atoms. The van der Waals surface area contributed by atoms with Crippen LogP contribution >= 0.6 is 0 Å². The fourth-order valence-corrected chi connectivity index (χ4v) is 2.69. The summed E-state index contributed by atoms with van der Waals surface area (Å²) in [5, 5.41) is 11.1. The van der Waals surface area contributed by atoms with Crippen LogP contribution in [0.4, 0.5) is 0 Å². The zero-order chi connectivity index (χ0) is 12.2. The molecule has 1 heterocycles. The molecular formula is C9H18N2O4S. The molecule has 0 saturated carbocycles. The lowest BCUT2D eigenvalue weighted by Gasteiger charge is -2.30. The number of nitrogens with zero attached hydrogens (tertiary/aromatic N) is 1. The predicted octanol–water partition coefficient (Wildman–Crippen LogP) is -1.23. The largest absolute Gasteiger partial charge is 0.395 e. The van der Waals surface area contributed by atoms with Gasteiger partial charge in [-0.25, -0.2) is 12.7 Å². The molecule has 1 rings (SSSR count). The smallest absolute Gasteiger partial charge is 0.224 e. The van der Waals surface area contributed by atoms with Crippen LogP contribution < -0.4 is 5.32 Å². The third-order valence-corrected chi connectivity index (χ3v) is 3.90. The van der Waals surface area contributed by atoms with E-state index < -0.39 is 10.0 Å². The summed E-state index contributed by atoms with van der Waals surface area (Å²) in [7, 11) is -3.21. The summed E-state index contributed by atoms with van der Waals surface area (Å²) < 4.78 is 24.0. The lowest BCUT2D eigenvalue weighted by atomic mass is 9.99. The lowest BCUT2D eigenvalue weighted by Crippen LogP contribution is -2.45. The second-order valence-corrected chi connectivity index (χ2v) is 5.96. The first-order valence-electron chi connectivity index (χ1n) is 5.29. The number of nitrogens with one attached hydrogen (secondary N) is 1. The van der Waals surface area contributed by atoms with Gasteiger partial charge in [0.2, 0.25) is 15.9 Å². The predicted molar refractivity (Wildman–Crippen MR) is 59.2 cm³/mol. The standard InChI is InChI=1S/C9H18N2O4S/c1-16(14,15)11-5-2-3-8(7-11)9(13)10-4-6-12/h8,12H,2-7H2,1H3,(H,10,13). The van der Waals surface area contributed by atoms with E-state index in [-0.39, 0.29) is 31.5 Å². The minimum Gasteiger partial charge on any atom is -0.395 e. The molecule has 1 aliphatic heterocycles. The van der Waals surface area contributed by atoms with Gasteiger partial charge in [0.05, 0.1) is 18.8 Å². The van der Waals surface area contributed by atoms with E-state index in [2.05, 4.69) is 5.32 Å². The van der Waals surface area contributed by atoms with Gasteiger partial charge >= 0.3 is 0 Å². The van der Waals surface area contributed by atoms with Crippen LogP contribution in [-0.4, -0.2) is 56.2 Å². The molecular weight excluding hydrogens is 232 g/mol. The molecule has 2 N–H and O–H groups in total. The van der Waals surface area contributed by atoms with Crippen molar-refractivity contribution in [1.29, 1.82) is 0 Å². The van der Waals surface area contributed by atoms with E-state index in [9.17, 15) is 13.2 Å². The minimum absolute atomic E-state index is 0.103. The summed E-state index contributed by atoms with van der Waals surface area (Å²) in [4.78, 5) is 11.6. The van der Waals surface area contributed by atoms with Crippen LogP contribution in [0.2, 0.25) is 0 Å². The Bertz CT molecular complexity index is 341. The molecule has 0 bridgehead atoms. The molecule has 1 atom stereocenters. The molecule has 94 valence electrons. The van der Waals surface area contributed by atoms with Gasteiger partial charge in [-0.05, 0) is 12.8 Å². The van der Waals surface area contributed by atoms with E-state index in [1.54, 1.807) is 0 Å². The van der Waals surface area contributed by atoms with Gasteiger partial charge in [0, 0.05) is 19.6 Å². The second kappa shape index (κ2) is 5.60. The van der Waals surface area contributed by atoms with E-state index in [1.807, 2.05) is 0 Å². The summed E-state index contributed by atoms with van der Waals surface area (Å²) in [6.07, 6.45) is 2.55. The molecule has 1 aliphatic rings. The van der Waals surface area contributed by atoms with Gasteiger partial charge in [0.1, 0.15) is 0 Å². The molecule has 1 unspecified atom stereocenters. The monoisotopic (exact) mass is 250 g/mol.